The van der Waals surface area contributed by atoms with Gasteiger partial charge in [0.15, 0.2) is 17.7 Å². The van der Waals surface area contributed by atoms with Crippen molar-refractivity contribution in [3.05, 3.63) is 12.7 Å². The predicted octanol–water partition coefficient (Wildman–Crippen LogP) is -0.835. The van der Waals surface area contributed by atoms with Crippen LogP contribution in [-0.2, 0) is 13.8 Å². The van der Waals surface area contributed by atoms with Gasteiger partial charge in [-0.25, -0.2) is 19.5 Å². The molecule has 1 saturated heterocycles. The van der Waals surface area contributed by atoms with Crippen molar-refractivity contribution in [2.75, 3.05) is 5.73 Å². The van der Waals surface area contributed by atoms with Crippen LogP contribution in [0, 0.1) is 0 Å². The number of hydrogen-bond donors (Lipinski definition) is 4. The van der Waals surface area contributed by atoms with Gasteiger partial charge in [0.05, 0.1) is 12.4 Å². The van der Waals surface area contributed by atoms with E-state index >= 15 is 0 Å². The smallest absolute Gasteiger partial charge is 0.387 e. The van der Waals surface area contributed by atoms with Crippen LogP contribution >= 0.6 is 7.82 Å². The molecule has 5 N–H and O–H groups in total. The van der Waals surface area contributed by atoms with Crippen LogP contribution < -0.4 is 5.73 Å². The van der Waals surface area contributed by atoms with Crippen LogP contribution in [0.15, 0.2) is 12.7 Å². The fourth-order valence-electron chi connectivity index (χ4n) is 2.37. The second kappa shape index (κ2) is 5.23. The molecule has 0 unspecified atom stereocenters. The third kappa shape index (κ3) is 2.58. The number of phosphoric acid groups is 1. The Kier molecular flexibility index (Phi) is 3.63. The molecule has 3 rings (SSSR count). The van der Waals surface area contributed by atoms with Crippen molar-refractivity contribution in [3.8, 4) is 0 Å². The highest BCUT2D eigenvalue weighted by molar-refractivity contribution is 7.46. The van der Waals surface area contributed by atoms with Gasteiger partial charge in [0.1, 0.15) is 24.1 Å². The van der Waals surface area contributed by atoms with Gasteiger partial charge in [-0.3, -0.25) is 9.09 Å². The van der Waals surface area contributed by atoms with Gasteiger partial charge in [-0.2, -0.15) is 0 Å². The molecule has 22 heavy (non-hydrogen) atoms. The molecule has 0 bridgehead atoms. The van der Waals surface area contributed by atoms with Gasteiger partial charge in [0.25, 0.3) is 0 Å². The van der Waals surface area contributed by atoms with Crippen molar-refractivity contribution in [1.82, 2.24) is 19.5 Å². The minimum atomic E-state index is -4.82. The van der Waals surface area contributed by atoms with E-state index in [0.717, 1.165) is 0 Å². The second-order valence-corrected chi connectivity index (χ2v) is 6.06. The first-order chi connectivity index (χ1) is 10.3. The molecular weight excluding hydrogens is 317 g/mol. The number of hydrogen-bond acceptors (Lipinski definition) is 8. The van der Waals surface area contributed by atoms with Crippen molar-refractivity contribution in [1.29, 1.82) is 0 Å². The summed E-state index contributed by atoms with van der Waals surface area (Å²) in [5.74, 6) is 0.155. The number of nitrogen functional groups attached to an aromatic ring is 1. The van der Waals surface area contributed by atoms with Gasteiger partial charge < -0.3 is 25.4 Å². The molecule has 0 radical (unpaired) electrons. The van der Waals surface area contributed by atoms with E-state index in [1.165, 1.54) is 17.2 Å². The Labute approximate surface area is 124 Å². The van der Waals surface area contributed by atoms with Gasteiger partial charge in [-0.1, -0.05) is 0 Å². The van der Waals surface area contributed by atoms with E-state index in [2.05, 4.69) is 19.5 Å². The molecule has 12 heteroatoms. The van der Waals surface area contributed by atoms with Gasteiger partial charge in [-0.05, 0) is 6.92 Å². The number of nitrogens with zero attached hydrogens (tertiary/aromatic N) is 4. The number of rotatable bonds is 3. The van der Waals surface area contributed by atoms with Crippen molar-refractivity contribution in [3.63, 3.8) is 0 Å². The fraction of sp³-hybridized carbons (Fsp3) is 0.500. The molecule has 1 aliphatic rings. The zero-order valence-electron chi connectivity index (χ0n) is 11.3. The number of imidazole rings is 1. The number of nitrogens with two attached hydrogens (primary N) is 1. The lowest BCUT2D eigenvalue weighted by molar-refractivity contribution is -0.0292. The summed E-state index contributed by atoms with van der Waals surface area (Å²) in [5, 5.41) is 10.0. The zero-order valence-corrected chi connectivity index (χ0v) is 12.2. The average molecular weight is 331 g/mol. The van der Waals surface area contributed by atoms with Crippen molar-refractivity contribution in [2.45, 2.75) is 31.5 Å². The van der Waals surface area contributed by atoms with Gasteiger partial charge >= 0.3 is 7.82 Å². The number of anilines is 1. The Hall–Kier alpha value is -1.62. The standard InChI is InChI=1S/C10H14N5O6P/c1-4-6(16)7(21-22(17,18)19)10(20-4)15-3-14-5-8(11)12-2-13-9(5)15/h2-4,6-7,10,16H,1H3,(H2,11,12,13)(H2,17,18,19)/t4-,6-,7-,10-/m1/s1. The SMILES string of the molecule is C[C@H]1O[C@@H](n2cnc3c(N)ncnc32)[C@H](OP(=O)(O)O)[C@@H]1O. The van der Waals surface area contributed by atoms with Crippen LogP contribution in [0.3, 0.4) is 0 Å². The van der Waals surface area contributed by atoms with E-state index in [0.29, 0.717) is 11.2 Å². The molecule has 120 valence electrons. The van der Waals surface area contributed by atoms with Crippen LogP contribution in [0.4, 0.5) is 5.82 Å². The molecule has 0 saturated carbocycles. The van der Waals surface area contributed by atoms with E-state index in [1.54, 1.807) is 6.92 Å². The summed E-state index contributed by atoms with van der Waals surface area (Å²) in [5.41, 5.74) is 6.31. The summed E-state index contributed by atoms with van der Waals surface area (Å²) in [4.78, 5) is 29.9. The second-order valence-electron chi connectivity index (χ2n) is 4.87. The monoisotopic (exact) mass is 331 g/mol. The Balaban J connectivity index is 2.04. The Morgan fingerprint density at radius 2 is 2.14 bits per heavy atom. The van der Waals surface area contributed by atoms with Gasteiger partial charge in [-0.15, -0.1) is 0 Å². The minimum absolute atomic E-state index is 0.155. The summed E-state index contributed by atoms with van der Waals surface area (Å²) in [6.07, 6.45) is -1.67. The molecule has 1 fully saturated rings. The van der Waals surface area contributed by atoms with Crippen LogP contribution in [-0.4, -0.2) is 52.7 Å². The summed E-state index contributed by atoms with van der Waals surface area (Å²) >= 11 is 0. The molecule has 1 aliphatic heterocycles. The minimum Gasteiger partial charge on any atom is -0.387 e. The fourth-order valence-corrected chi connectivity index (χ4v) is 2.91. The first-order valence-corrected chi connectivity index (χ1v) is 7.81. The van der Waals surface area contributed by atoms with Gasteiger partial charge in [0.2, 0.25) is 0 Å². The van der Waals surface area contributed by atoms with Crippen molar-refractivity contribution < 1.29 is 28.7 Å². The molecule has 0 aliphatic carbocycles. The van der Waals surface area contributed by atoms with Crippen LogP contribution in [0.1, 0.15) is 13.2 Å². The lowest BCUT2D eigenvalue weighted by Crippen LogP contribution is -2.32. The number of aromatic nitrogens is 4. The zero-order chi connectivity index (χ0) is 16.1. The molecule has 2 aromatic rings. The first kappa shape index (κ1) is 15.3. The third-order valence-corrected chi connectivity index (χ3v) is 3.89. The maximum atomic E-state index is 11.1. The Morgan fingerprint density at radius 3 is 2.82 bits per heavy atom. The predicted molar refractivity (Wildman–Crippen MR) is 72.2 cm³/mol. The highest BCUT2D eigenvalue weighted by atomic mass is 31.2. The summed E-state index contributed by atoms with van der Waals surface area (Å²) in [6.45, 7) is 1.56. The highest BCUT2D eigenvalue weighted by Gasteiger charge is 2.47. The molecule has 0 amide bonds. The quantitative estimate of drug-likeness (QED) is 0.521. The maximum absolute atomic E-state index is 11.1. The molecule has 0 spiro atoms. The Bertz CT molecular complexity index is 746. The summed E-state index contributed by atoms with van der Waals surface area (Å²) < 4.78 is 22.7. The Morgan fingerprint density at radius 1 is 1.41 bits per heavy atom. The van der Waals surface area contributed by atoms with E-state index in [1.807, 2.05) is 0 Å². The molecule has 4 atom stereocenters. The van der Waals surface area contributed by atoms with E-state index in [9.17, 15) is 9.67 Å². The average Bonchev–Trinajstić information content (AvgIpc) is 2.95. The number of fused-ring (bicyclic) bond motifs is 1. The lowest BCUT2D eigenvalue weighted by Gasteiger charge is -2.22. The van der Waals surface area contributed by atoms with Gasteiger partial charge in [0, 0.05) is 0 Å². The van der Waals surface area contributed by atoms with E-state index in [-0.39, 0.29) is 5.82 Å². The van der Waals surface area contributed by atoms with E-state index < -0.39 is 32.4 Å². The van der Waals surface area contributed by atoms with Crippen LogP contribution in [0.5, 0.6) is 0 Å². The summed E-state index contributed by atoms with van der Waals surface area (Å²) in [6, 6.07) is 0. The third-order valence-electron chi connectivity index (χ3n) is 3.37. The number of aliphatic hydroxyl groups excluding tert-OH is 1. The highest BCUT2D eigenvalue weighted by Crippen LogP contribution is 2.45. The molecule has 0 aromatic carbocycles. The van der Waals surface area contributed by atoms with Crippen molar-refractivity contribution >= 4 is 24.8 Å². The number of ether oxygens (including phenoxy) is 1. The molecule has 3 heterocycles. The van der Waals surface area contributed by atoms with E-state index in [4.69, 9.17) is 20.3 Å². The normalized spacial score (nSPS) is 29.3. The topological polar surface area (TPSA) is 166 Å². The number of aliphatic hydroxyl groups is 1. The molecular formula is C10H14N5O6P. The molecule has 11 nitrogen and oxygen atoms in total. The van der Waals surface area contributed by atoms with Crippen LogP contribution in [0.2, 0.25) is 0 Å². The number of phosphoric ester groups is 1. The van der Waals surface area contributed by atoms with Crippen molar-refractivity contribution in [2.24, 2.45) is 0 Å². The van der Waals surface area contributed by atoms with Crippen LogP contribution in [0.25, 0.3) is 11.2 Å². The first-order valence-electron chi connectivity index (χ1n) is 6.28. The largest absolute Gasteiger partial charge is 0.470 e. The lowest BCUT2D eigenvalue weighted by atomic mass is 10.1. The molecule has 2 aromatic heterocycles. The maximum Gasteiger partial charge on any atom is 0.470 e. The summed E-state index contributed by atoms with van der Waals surface area (Å²) in [7, 11) is -4.82.